The summed E-state index contributed by atoms with van der Waals surface area (Å²) in [7, 11) is 0. The lowest BCUT2D eigenvalue weighted by molar-refractivity contribution is 0.297. The second-order valence-corrected chi connectivity index (χ2v) is 4.66. The van der Waals surface area contributed by atoms with Crippen LogP contribution in [0.5, 0.6) is 5.75 Å². The predicted molar refractivity (Wildman–Crippen MR) is 69.5 cm³/mol. The third-order valence-corrected chi connectivity index (χ3v) is 2.97. The molecule has 2 aromatic carbocycles. The highest BCUT2D eigenvalue weighted by atomic mass is 79.9. The fourth-order valence-corrected chi connectivity index (χ4v) is 1.95. The Labute approximate surface area is 117 Å². The molecule has 5 heteroatoms. The van der Waals surface area contributed by atoms with Crippen LogP contribution >= 0.6 is 15.9 Å². The summed E-state index contributed by atoms with van der Waals surface area (Å²) in [6.07, 6.45) is 0. The topological polar surface area (TPSA) is 33.0 Å². The average Bonchev–Trinajstić information content (AvgIpc) is 2.40. The van der Waals surface area contributed by atoms with Crippen LogP contribution in [0.25, 0.3) is 0 Å². The number of hydrogen-bond acceptors (Lipinski definition) is 2. The van der Waals surface area contributed by atoms with E-state index in [0.717, 1.165) is 0 Å². The second-order valence-electron chi connectivity index (χ2n) is 3.75. The van der Waals surface area contributed by atoms with Gasteiger partial charge in [0.1, 0.15) is 35.6 Å². The van der Waals surface area contributed by atoms with E-state index in [1.165, 1.54) is 24.3 Å². The van der Waals surface area contributed by atoms with Crippen LogP contribution in [0, 0.1) is 23.0 Å². The van der Waals surface area contributed by atoms with Crippen molar-refractivity contribution in [1.82, 2.24) is 0 Å². The summed E-state index contributed by atoms with van der Waals surface area (Å²) in [5, 5.41) is 8.84. The fraction of sp³-hybridized carbons (Fsp3) is 0.0714. The van der Waals surface area contributed by atoms with Gasteiger partial charge in [0.25, 0.3) is 0 Å². The molecule has 0 aliphatic carbocycles. The minimum Gasteiger partial charge on any atom is -0.487 e. The maximum atomic E-state index is 13.5. The molecule has 0 N–H and O–H groups in total. The molecule has 0 atom stereocenters. The van der Waals surface area contributed by atoms with Gasteiger partial charge in [0.05, 0.1) is 0 Å². The fourth-order valence-electron chi connectivity index (χ4n) is 1.54. The van der Waals surface area contributed by atoms with E-state index in [1.807, 2.05) is 0 Å². The van der Waals surface area contributed by atoms with Crippen molar-refractivity contribution in [3.63, 3.8) is 0 Å². The van der Waals surface area contributed by atoms with Crippen molar-refractivity contribution in [3.8, 4) is 11.8 Å². The van der Waals surface area contributed by atoms with E-state index in [-0.39, 0.29) is 17.9 Å². The van der Waals surface area contributed by atoms with Gasteiger partial charge in [0.15, 0.2) is 0 Å². The summed E-state index contributed by atoms with van der Waals surface area (Å²) in [5.74, 6) is -0.977. The molecule has 0 amide bonds. The van der Waals surface area contributed by atoms with Crippen molar-refractivity contribution in [1.29, 1.82) is 5.26 Å². The van der Waals surface area contributed by atoms with Gasteiger partial charge in [0.2, 0.25) is 0 Å². The van der Waals surface area contributed by atoms with Gasteiger partial charge in [0, 0.05) is 10.0 Å². The molecule has 0 spiro atoms. The largest absolute Gasteiger partial charge is 0.487 e. The summed E-state index contributed by atoms with van der Waals surface area (Å²) in [4.78, 5) is 0. The Balaban J connectivity index is 2.22. The first-order chi connectivity index (χ1) is 9.11. The van der Waals surface area contributed by atoms with Crippen molar-refractivity contribution < 1.29 is 13.5 Å². The lowest BCUT2D eigenvalue weighted by Crippen LogP contribution is -2.01. The summed E-state index contributed by atoms with van der Waals surface area (Å²) >= 11 is 3.23. The maximum Gasteiger partial charge on any atom is 0.144 e. The zero-order valence-electron chi connectivity index (χ0n) is 9.66. The number of rotatable bonds is 3. The van der Waals surface area contributed by atoms with E-state index in [4.69, 9.17) is 10.00 Å². The minimum atomic E-state index is -0.658. The minimum absolute atomic E-state index is 0.0800. The van der Waals surface area contributed by atoms with E-state index < -0.39 is 11.6 Å². The molecule has 0 radical (unpaired) electrons. The average molecular weight is 324 g/mol. The molecule has 0 aromatic heterocycles. The summed E-state index contributed by atoms with van der Waals surface area (Å²) in [5.41, 5.74) is 0.139. The van der Waals surface area contributed by atoms with Crippen LogP contribution in [0.4, 0.5) is 8.78 Å². The van der Waals surface area contributed by atoms with Gasteiger partial charge in [-0.15, -0.1) is 0 Å². The van der Waals surface area contributed by atoms with Crippen LogP contribution in [0.15, 0.2) is 40.9 Å². The van der Waals surface area contributed by atoms with Crippen molar-refractivity contribution in [2.45, 2.75) is 6.61 Å². The monoisotopic (exact) mass is 323 g/mol. The molecule has 2 rings (SSSR count). The Morgan fingerprint density at radius 2 is 1.95 bits per heavy atom. The third-order valence-electron chi connectivity index (χ3n) is 2.48. The number of halogens is 3. The highest BCUT2D eigenvalue weighted by Gasteiger charge is 2.10. The van der Waals surface area contributed by atoms with Crippen LogP contribution in [0.3, 0.4) is 0 Å². The number of nitriles is 1. The Kier molecular flexibility index (Phi) is 4.13. The molecule has 0 fully saturated rings. The first kappa shape index (κ1) is 13.5. The maximum absolute atomic E-state index is 13.5. The van der Waals surface area contributed by atoms with Crippen LogP contribution in [-0.4, -0.2) is 0 Å². The molecule has 0 aliphatic heterocycles. The van der Waals surface area contributed by atoms with Crippen LogP contribution < -0.4 is 4.74 Å². The SMILES string of the molecule is N#Cc1c(F)cccc1OCc1cc(Br)ccc1F. The number of ether oxygens (including phenoxy) is 1. The van der Waals surface area contributed by atoms with Gasteiger partial charge in [-0.1, -0.05) is 22.0 Å². The Bertz CT molecular complexity index is 652. The molecular formula is C14H8BrF2NO. The van der Waals surface area contributed by atoms with E-state index in [1.54, 1.807) is 18.2 Å². The Morgan fingerprint density at radius 1 is 1.16 bits per heavy atom. The molecular weight excluding hydrogens is 316 g/mol. The van der Waals surface area contributed by atoms with Gasteiger partial charge in [-0.25, -0.2) is 8.78 Å². The molecule has 0 saturated carbocycles. The molecule has 0 heterocycles. The standard InChI is InChI=1S/C14H8BrF2NO/c15-10-4-5-12(16)9(6-10)8-19-14-3-1-2-13(17)11(14)7-18/h1-6H,8H2. The van der Waals surface area contributed by atoms with Crippen LogP contribution in [0.2, 0.25) is 0 Å². The molecule has 96 valence electrons. The zero-order chi connectivity index (χ0) is 13.8. The first-order valence-corrected chi connectivity index (χ1v) is 6.16. The lowest BCUT2D eigenvalue weighted by atomic mass is 10.2. The van der Waals surface area contributed by atoms with Gasteiger partial charge in [-0.05, 0) is 30.3 Å². The highest BCUT2D eigenvalue weighted by molar-refractivity contribution is 9.10. The molecule has 2 aromatic rings. The number of benzene rings is 2. The normalized spacial score (nSPS) is 10.0. The van der Waals surface area contributed by atoms with Crippen LogP contribution in [0.1, 0.15) is 11.1 Å². The third kappa shape index (κ3) is 3.09. The van der Waals surface area contributed by atoms with Crippen LogP contribution in [-0.2, 0) is 6.61 Å². The number of nitrogens with zero attached hydrogens (tertiary/aromatic N) is 1. The summed E-state index contributed by atoms with van der Waals surface area (Å²) < 4.78 is 32.9. The molecule has 0 aliphatic rings. The van der Waals surface area contributed by atoms with Crippen molar-refractivity contribution >= 4 is 15.9 Å². The lowest BCUT2D eigenvalue weighted by Gasteiger charge is -2.09. The van der Waals surface area contributed by atoms with Crippen molar-refractivity contribution in [2.24, 2.45) is 0 Å². The Morgan fingerprint density at radius 3 is 2.68 bits per heavy atom. The molecule has 19 heavy (non-hydrogen) atoms. The van der Waals surface area contributed by atoms with E-state index in [0.29, 0.717) is 10.0 Å². The van der Waals surface area contributed by atoms with E-state index in [9.17, 15) is 8.78 Å². The smallest absolute Gasteiger partial charge is 0.144 e. The Hall–Kier alpha value is -1.93. The zero-order valence-corrected chi connectivity index (χ0v) is 11.2. The van der Waals surface area contributed by atoms with E-state index >= 15 is 0 Å². The van der Waals surface area contributed by atoms with Gasteiger partial charge < -0.3 is 4.74 Å². The molecule has 2 nitrogen and oxygen atoms in total. The highest BCUT2D eigenvalue weighted by Crippen LogP contribution is 2.23. The second kappa shape index (κ2) is 5.81. The number of hydrogen-bond donors (Lipinski definition) is 0. The molecule has 0 unspecified atom stereocenters. The molecule has 0 saturated heterocycles. The molecule has 0 bridgehead atoms. The quantitative estimate of drug-likeness (QED) is 0.849. The first-order valence-electron chi connectivity index (χ1n) is 5.37. The van der Waals surface area contributed by atoms with E-state index in [2.05, 4.69) is 15.9 Å². The van der Waals surface area contributed by atoms with Gasteiger partial charge in [-0.3, -0.25) is 0 Å². The van der Waals surface area contributed by atoms with Gasteiger partial charge >= 0.3 is 0 Å². The summed E-state index contributed by atoms with van der Waals surface area (Å²) in [6.45, 7) is -0.0800. The van der Waals surface area contributed by atoms with Gasteiger partial charge in [-0.2, -0.15) is 5.26 Å². The predicted octanol–water partition coefficient (Wildman–Crippen LogP) is 4.18. The van der Waals surface area contributed by atoms with Crippen molar-refractivity contribution in [2.75, 3.05) is 0 Å². The summed E-state index contributed by atoms with van der Waals surface area (Å²) in [6, 6.07) is 10.2. The van der Waals surface area contributed by atoms with Crippen molar-refractivity contribution in [3.05, 3.63) is 63.6 Å².